The first-order valence-corrected chi connectivity index (χ1v) is 5.49. The quantitative estimate of drug-likeness (QED) is 0.822. The van der Waals surface area contributed by atoms with E-state index in [1.807, 2.05) is 0 Å². The Bertz CT molecular complexity index is 475. The molecule has 1 heterocycles. The molecule has 1 aliphatic rings. The molecule has 2 rings (SSSR count). The zero-order valence-corrected chi connectivity index (χ0v) is 8.87. The minimum absolute atomic E-state index is 0.0709. The Labute approximate surface area is 94.8 Å². The average molecular weight is 241 g/mol. The standard InChI is InChI=1S/C10H8FNO3S/c11-7-2-1-5(13)3-6(7)9-12-8(4-16-9)10(14)15/h1-3,8,13H,4H2,(H,14,15). The molecule has 0 spiro atoms. The SMILES string of the molecule is O=C(O)C1CSC(c2cc(O)ccc2F)=N1. The summed E-state index contributed by atoms with van der Waals surface area (Å²) in [7, 11) is 0. The van der Waals surface area contributed by atoms with Gasteiger partial charge in [0, 0.05) is 11.3 Å². The summed E-state index contributed by atoms with van der Waals surface area (Å²) in [6.07, 6.45) is 0. The molecule has 1 aromatic carbocycles. The van der Waals surface area contributed by atoms with Crippen molar-refractivity contribution in [2.24, 2.45) is 4.99 Å². The van der Waals surface area contributed by atoms with E-state index in [9.17, 15) is 14.3 Å². The van der Waals surface area contributed by atoms with Crippen molar-refractivity contribution in [2.75, 3.05) is 5.75 Å². The van der Waals surface area contributed by atoms with E-state index in [1.54, 1.807) is 0 Å². The van der Waals surface area contributed by atoms with Gasteiger partial charge in [0.1, 0.15) is 16.6 Å². The maximum absolute atomic E-state index is 13.4. The van der Waals surface area contributed by atoms with Crippen LogP contribution in [0.2, 0.25) is 0 Å². The first-order valence-electron chi connectivity index (χ1n) is 4.50. The topological polar surface area (TPSA) is 69.9 Å². The van der Waals surface area contributed by atoms with E-state index in [-0.39, 0.29) is 11.3 Å². The van der Waals surface area contributed by atoms with Gasteiger partial charge in [-0.25, -0.2) is 9.18 Å². The predicted octanol–water partition coefficient (Wildman–Crippen LogP) is 1.48. The summed E-state index contributed by atoms with van der Waals surface area (Å²) < 4.78 is 13.4. The Morgan fingerprint density at radius 2 is 2.31 bits per heavy atom. The molecule has 1 aliphatic heterocycles. The van der Waals surface area contributed by atoms with Crippen LogP contribution in [0.25, 0.3) is 0 Å². The highest BCUT2D eigenvalue weighted by atomic mass is 32.2. The lowest BCUT2D eigenvalue weighted by Gasteiger charge is -2.01. The second kappa shape index (κ2) is 4.13. The van der Waals surface area contributed by atoms with E-state index in [2.05, 4.69) is 4.99 Å². The Kier molecular flexibility index (Phi) is 2.82. The van der Waals surface area contributed by atoms with Gasteiger partial charge in [-0.2, -0.15) is 0 Å². The summed E-state index contributed by atoms with van der Waals surface area (Å²) in [4.78, 5) is 14.6. The number of halogens is 1. The van der Waals surface area contributed by atoms with Gasteiger partial charge in [0.2, 0.25) is 0 Å². The highest BCUT2D eigenvalue weighted by molar-refractivity contribution is 8.14. The molecular formula is C10H8FNO3S. The van der Waals surface area contributed by atoms with E-state index < -0.39 is 17.8 Å². The van der Waals surface area contributed by atoms with Gasteiger partial charge in [-0.3, -0.25) is 4.99 Å². The van der Waals surface area contributed by atoms with Crippen LogP contribution in [0.4, 0.5) is 4.39 Å². The number of aliphatic carboxylic acids is 1. The molecule has 84 valence electrons. The summed E-state index contributed by atoms with van der Waals surface area (Å²) in [5.74, 6) is -1.32. The summed E-state index contributed by atoms with van der Waals surface area (Å²) in [6, 6.07) is 2.77. The van der Waals surface area contributed by atoms with Crippen LogP contribution in [-0.2, 0) is 4.79 Å². The summed E-state index contributed by atoms with van der Waals surface area (Å²) >= 11 is 1.17. The molecule has 1 unspecified atom stereocenters. The number of aliphatic imine (C=N–C) groups is 1. The highest BCUT2D eigenvalue weighted by Crippen LogP contribution is 2.27. The fourth-order valence-electron chi connectivity index (χ4n) is 1.32. The summed E-state index contributed by atoms with van der Waals surface area (Å²) in [6.45, 7) is 0. The second-order valence-electron chi connectivity index (χ2n) is 3.26. The van der Waals surface area contributed by atoms with Gasteiger partial charge >= 0.3 is 5.97 Å². The van der Waals surface area contributed by atoms with Crippen molar-refractivity contribution in [2.45, 2.75) is 6.04 Å². The normalized spacial score (nSPS) is 19.6. The number of phenols is 1. The Morgan fingerprint density at radius 1 is 1.56 bits per heavy atom. The first kappa shape index (κ1) is 10.9. The van der Waals surface area contributed by atoms with Crippen molar-refractivity contribution in [1.82, 2.24) is 0 Å². The molecule has 16 heavy (non-hydrogen) atoms. The van der Waals surface area contributed by atoms with Gasteiger partial charge in [-0.15, -0.1) is 11.8 Å². The summed E-state index contributed by atoms with van der Waals surface area (Å²) in [5.41, 5.74) is 0.147. The molecule has 0 aromatic heterocycles. The minimum atomic E-state index is -1.02. The van der Waals surface area contributed by atoms with Gasteiger partial charge in [0.25, 0.3) is 0 Å². The van der Waals surface area contributed by atoms with Crippen LogP contribution >= 0.6 is 11.8 Å². The third-order valence-electron chi connectivity index (χ3n) is 2.12. The fourth-order valence-corrected chi connectivity index (χ4v) is 2.37. The molecule has 0 radical (unpaired) electrons. The molecule has 2 N–H and O–H groups in total. The fraction of sp³-hybridized carbons (Fsp3) is 0.200. The molecule has 0 saturated carbocycles. The molecule has 0 fully saturated rings. The number of carbonyl (C=O) groups is 1. The lowest BCUT2D eigenvalue weighted by atomic mass is 10.2. The number of carboxylic acid groups (broad SMARTS) is 1. The van der Waals surface area contributed by atoms with Gasteiger partial charge in [-0.05, 0) is 18.2 Å². The molecular weight excluding hydrogens is 233 g/mol. The van der Waals surface area contributed by atoms with Crippen LogP contribution < -0.4 is 0 Å². The van der Waals surface area contributed by atoms with Crippen LogP contribution in [0.5, 0.6) is 5.75 Å². The number of nitrogens with zero attached hydrogens (tertiary/aromatic N) is 1. The maximum Gasteiger partial charge on any atom is 0.329 e. The van der Waals surface area contributed by atoms with Gasteiger partial charge in [0.05, 0.1) is 0 Å². The van der Waals surface area contributed by atoms with E-state index >= 15 is 0 Å². The number of rotatable bonds is 2. The zero-order chi connectivity index (χ0) is 11.7. The number of hydrogen-bond acceptors (Lipinski definition) is 4. The number of thioether (sulfide) groups is 1. The summed E-state index contributed by atoms with van der Waals surface area (Å²) in [5, 5.41) is 18.3. The monoisotopic (exact) mass is 241 g/mol. The van der Waals surface area contributed by atoms with E-state index in [0.717, 1.165) is 6.07 Å². The predicted molar refractivity (Wildman–Crippen MR) is 58.5 cm³/mol. The third-order valence-corrected chi connectivity index (χ3v) is 3.20. The number of hydrogen-bond donors (Lipinski definition) is 2. The van der Waals surface area contributed by atoms with Crippen molar-refractivity contribution >= 4 is 22.8 Å². The van der Waals surface area contributed by atoms with Crippen LogP contribution in [-0.4, -0.2) is 33.0 Å². The van der Waals surface area contributed by atoms with Crippen molar-refractivity contribution in [3.8, 4) is 5.75 Å². The molecule has 0 saturated heterocycles. The Hall–Kier alpha value is -1.56. The number of carboxylic acids is 1. The maximum atomic E-state index is 13.4. The molecule has 4 nitrogen and oxygen atoms in total. The molecule has 0 bridgehead atoms. The van der Waals surface area contributed by atoms with E-state index in [4.69, 9.17) is 5.11 Å². The van der Waals surface area contributed by atoms with Gasteiger partial charge in [-0.1, -0.05) is 0 Å². The second-order valence-corrected chi connectivity index (χ2v) is 4.27. The lowest BCUT2D eigenvalue weighted by molar-refractivity contribution is -0.137. The number of aromatic hydroxyl groups is 1. The molecule has 1 atom stereocenters. The number of phenolic OH excluding ortho intramolecular Hbond substituents is 1. The van der Waals surface area contributed by atoms with E-state index in [1.165, 1.54) is 23.9 Å². The largest absolute Gasteiger partial charge is 0.508 e. The van der Waals surface area contributed by atoms with Crippen molar-refractivity contribution < 1.29 is 19.4 Å². The molecule has 0 aliphatic carbocycles. The van der Waals surface area contributed by atoms with Gasteiger partial charge < -0.3 is 10.2 Å². The van der Waals surface area contributed by atoms with Crippen molar-refractivity contribution in [1.29, 1.82) is 0 Å². The van der Waals surface area contributed by atoms with Crippen molar-refractivity contribution in [3.05, 3.63) is 29.6 Å². The molecule has 0 amide bonds. The Balaban J connectivity index is 2.35. The Morgan fingerprint density at radius 3 is 2.94 bits per heavy atom. The third kappa shape index (κ3) is 2.01. The first-order chi connectivity index (χ1) is 7.58. The van der Waals surface area contributed by atoms with Crippen LogP contribution in [0.3, 0.4) is 0 Å². The zero-order valence-electron chi connectivity index (χ0n) is 8.05. The highest BCUT2D eigenvalue weighted by Gasteiger charge is 2.26. The van der Waals surface area contributed by atoms with Crippen LogP contribution in [0.1, 0.15) is 5.56 Å². The van der Waals surface area contributed by atoms with Crippen molar-refractivity contribution in [3.63, 3.8) is 0 Å². The minimum Gasteiger partial charge on any atom is -0.508 e. The van der Waals surface area contributed by atoms with Crippen LogP contribution in [0, 0.1) is 5.82 Å². The van der Waals surface area contributed by atoms with Crippen LogP contribution in [0.15, 0.2) is 23.2 Å². The lowest BCUT2D eigenvalue weighted by Crippen LogP contribution is -2.17. The van der Waals surface area contributed by atoms with Gasteiger partial charge in [0.15, 0.2) is 6.04 Å². The van der Waals surface area contributed by atoms with E-state index in [0.29, 0.717) is 10.8 Å². The number of benzene rings is 1. The average Bonchev–Trinajstić information content (AvgIpc) is 2.70. The molecule has 6 heteroatoms. The smallest absolute Gasteiger partial charge is 0.329 e. The molecule has 1 aromatic rings.